The van der Waals surface area contributed by atoms with E-state index in [1.54, 1.807) is 0 Å². The van der Waals surface area contributed by atoms with Crippen molar-refractivity contribution >= 4 is 41.9 Å². The van der Waals surface area contributed by atoms with Crippen molar-refractivity contribution in [2.75, 3.05) is 98.9 Å². The minimum atomic E-state index is -2.76. The summed E-state index contributed by atoms with van der Waals surface area (Å²) >= 11 is 5.00. The van der Waals surface area contributed by atoms with E-state index < -0.39 is 30.3 Å². The van der Waals surface area contributed by atoms with E-state index >= 15 is 0 Å². The van der Waals surface area contributed by atoms with E-state index in [-0.39, 0.29) is 117 Å². The first kappa shape index (κ1) is 48.5. The van der Waals surface area contributed by atoms with E-state index in [0.29, 0.717) is 32.2 Å². The molecule has 21 heteroatoms. The summed E-state index contributed by atoms with van der Waals surface area (Å²) in [6.07, 6.45) is 2.61. The second-order valence-corrected chi connectivity index (χ2v) is 16.7. The fourth-order valence-corrected chi connectivity index (χ4v) is 6.81. The number of carbonyl (C=O) groups excluding carboxylic acids is 4. The zero-order chi connectivity index (χ0) is 40.3. The number of rotatable bonds is 30. The number of ether oxygens (including phenoxy) is 3. The number of carbonyl (C=O) groups is 4. The van der Waals surface area contributed by atoms with Crippen LogP contribution in [0.2, 0.25) is 0 Å². The Balaban J connectivity index is 2.12. The van der Waals surface area contributed by atoms with Crippen molar-refractivity contribution in [2.45, 2.75) is 50.8 Å². The van der Waals surface area contributed by atoms with Gasteiger partial charge < -0.3 is 59.7 Å². The Kier molecular flexibility index (Phi) is 25.3. The van der Waals surface area contributed by atoms with Gasteiger partial charge in [0.05, 0.1) is 84.7 Å². The summed E-state index contributed by atoms with van der Waals surface area (Å²) in [6.45, 7) is 0.391. The summed E-state index contributed by atoms with van der Waals surface area (Å²) in [7, 11) is 0. The van der Waals surface area contributed by atoms with Crippen LogP contribution in [0.4, 0.5) is 0 Å². The van der Waals surface area contributed by atoms with E-state index in [1.807, 2.05) is 24.3 Å². The molecule has 2 rings (SSSR count). The lowest BCUT2D eigenvalue weighted by Crippen LogP contribution is -2.54. The lowest BCUT2D eigenvalue weighted by molar-refractivity contribution is -0.132. The van der Waals surface area contributed by atoms with Crippen molar-refractivity contribution in [3.63, 3.8) is 0 Å². The number of nitrogens with two attached hydrogens (primary N) is 2. The number of hydrogen-bond acceptors (Lipinski definition) is 15. The number of nitrogens with zero attached hydrogens (tertiary/aromatic N) is 1. The lowest BCUT2D eigenvalue weighted by atomic mass is 9.87. The molecule has 0 aliphatic heterocycles. The monoisotopic (exact) mass is 821 g/mol. The van der Waals surface area contributed by atoms with Gasteiger partial charge in [0.1, 0.15) is 0 Å². The van der Waals surface area contributed by atoms with Gasteiger partial charge >= 0.3 is 0 Å². The number of hydrogen-bond donors (Lipinski definition) is 8. The Morgan fingerprint density at radius 1 is 0.782 bits per heavy atom. The minimum absolute atomic E-state index is 0.0540. The normalized spacial score (nSPS) is 17.3. The van der Waals surface area contributed by atoms with Gasteiger partial charge in [-0.05, 0) is 55.0 Å². The Morgan fingerprint density at radius 3 is 1.80 bits per heavy atom. The predicted molar refractivity (Wildman–Crippen MR) is 205 cm³/mol. The SMILES string of the molecule is CP(O)(=S)OC1CCC(C(=O)NCc2ccc(C[C@H](C(=O)NCCOCCO)N(CC(=O)NCCOCCON)CC(=O)NCCOCCON)cc2)CC1. The molecule has 2 atom stereocenters. The van der Waals surface area contributed by atoms with Gasteiger partial charge in [-0.2, -0.15) is 0 Å². The Hall–Kier alpha value is -2.69. The molecule has 0 bridgehead atoms. The van der Waals surface area contributed by atoms with Crippen LogP contribution in [-0.2, 0) is 72.4 Å². The van der Waals surface area contributed by atoms with Crippen LogP contribution < -0.4 is 33.1 Å². The summed E-state index contributed by atoms with van der Waals surface area (Å²) in [4.78, 5) is 73.1. The van der Waals surface area contributed by atoms with Crippen molar-refractivity contribution in [2.24, 2.45) is 17.7 Å². The van der Waals surface area contributed by atoms with Crippen LogP contribution in [0.1, 0.15) is 36.8 Å². The molecule has 4 amide bonds. The molecule has 0 saturated heterocycles. The molecule has 1 fully saturated rings. The summed E-state index contributed by atoms with van der Waals surface area (Å²) in [6, 6.07) is 6.41. The maximum atomic E-state index is 13.7. The maximum absolute atomic E-state index is 13.7. The second kappa shape index (κ2) is 28.7. The zero-order valence-corrected chi connectivity index (χ0v) is 33.3. The van der Waals surface area contributed by atoms with Gasteiger partial charge in [0.15, 0.2) is 6.49 Å². The molecule has 1 aromatic rings. The summed E-state index contributed by atoms with van der Waals surface area (Å²) in [5.41, 5.74) is 1.60. The smallest absolute Gasteiger partial charge is 0.237 e. The van der Waals surface area contributed by atoms with Crippen LogP contribution in [0, 0.1) is 5.92 Å². The molecule has 1 aliphatic carbocycles. The highest BCUT2D eigenvalue weighted by Crippen LogP contribution is 2.42. The second-order valence-electron chi connectivity index (χ2n) is 12.8. The van der Waals surface area contributed by atoms with Gasteiger partial charge in [-0.25, -0.2) is 11.8 Å². The van der Waals surface area contributed by atoms with E-state index in [2.05, 4.69) is 30.9 Å². The first-order valence-electron chi connectivity index (χ1n) is 18.3. The third kappa shape index (κ3) is 22.6. The zero-order valence-electron chi connectivity index (χ0n) is 31.6. The highest BCUT2D eigenvalue weighted by molar-refractivity contribution is 8.09. The van der Waals surface area contributed by atoms with Crippen LogP contribution in [0.15, 0.2) is 24.3 Å². The van der Waals surface area contributed by atoms with Crippen molar-refractivity contribution < 1.29 is 57.6 Å². The molecule has 55 heavy (non-hydrogen) atoms. The van der Waals surface area contributed by atoms with Crippen molar-refractivity contribution in [1.29, 1.82) is 0 Å². The van der Waals surface area contributed by atoms with Gasteiger partial charge in [0.25, 0.3) is 0 Å². The van der Waals surface area contributed by atoms with E-state index in [1.165, 1.54) is 11.6 Å². The average molecular weight is 822 g/mol. The molecular weight excluding hydrogens is 761 g/mol. The highest BCUT2D eigenvalue weighted by Gasteiger charge is 2.30. The number of benzene rings is 1. The third-order valence-electron chi connectivity index (χ3n) is 8.35. The minimum Gasteiger partial charge on any atom is -0.394 e. The molecule has 0 radical (unpaired) electrons. The van der Waals surface area contributed by atoms with Gasteiger partial charge in [0, 0.05) is 38.8 Å². The van der Waals surface area contributed by atoms with E-state index in [0.717, 1.165) is 11.1 Å². The average Bonchev–Trinajstić information content (AvgIpc) is 3.15. The summed E-state index contributed by atoms with van der Waals surface area (Å²) < 4.78 is 21.6. The van der Waals surface area contributed by atoms with Crippen LogP contribution in [-0.4, -0.2) is 150 Å². The molecule has 1 aliphatic rings. The van der Waals surface area contributed by atoms with Crippen LogP contribution in [0.5, 0.6) is 0 Å². The fraction of sp³-hybridized carbons (Fsp3) is 0.706. The van der Waals surface area contributed by atoms with E-state index in [9.17, 15) is 24.1 Å². The third-order valence-corrected chi connectivity index (χ3v) is 9.30. The molecule has 10 N–H and O–H groups in total. The van der Waals surface area contributed by atoms with Crippen molar-refractivity contribution in [1.82, 2.24) is 26.2 Å². The van der Waals surface area contributed by atoms with Crippen molar-refractivity contribution in [3.05, 3.63) is 35.4 Å². The molecule has 1 unspecified atom stereocenters. The quantitative estimate of drug-likeness (QED) is 0.0242. The van der Waals surface area contributed by atoms with E-state index in [4.69, 9.17) is 47.4 Å². The number of amides is 4. The largest absolute Gasteiger partial charge is 0.394 e. The molecular formula is C34H60N7O12PS. The Labute approximate surface area is 327 Å². The van der Waals surface area contributed by atoms with Crippen molar-refractivity contribution in [3.8, 4) is 0 Å². The summed E-state index contributed by atoms with van der Waals surface area (Å²) in [5, 5.41) is 20.3. The van der Waals surface area contributed by atoms with Gasteiger partial charge in [-0.1, -0.05) is 24.3 Å². The van der Waals surface area contributed by atoms with Crippen LogP contribution in [0.25, 0.3) is 0 Å². The van der Waals surface area contributed by atoms with Crippen LogP contribution >= 0.6 is 6.49 Å². The number of aliphatic hydroxyl groups excluding tert-OH is 1. The van der Waals surface area contributed by atoms with Gasteiger partial charge in [-0.15, -0.1) is 0 Å². The standard InChI is InChI=1S/C34H60N7O12PS/c1-54(47,55)53-29-8-6-28(7-9-29)33(45)40-23-27-4-2-26(3-5-27)22-30(34(46)39-12-16-48-17-13-42)41(24-31(43)37-10-14-49-18-20-51-35)25-32(44)38-11-15-50-19-21-52-36/h2-5,28-30,42H,6-25,35-36H2,1H3,(H,37,43)(H,38,44)(H,39,46)(H,40,45)(H,47,55)/t28?,29?,30-,54?/m1/s1. The molecule has 1 saturated carbocycles. The molecule has 19 nitrogen and oxygen atoms in total. The molecule has 314 valence electrons. The Bertz CT molecular complexity index is 1280. The molecule has 0 heterocycles. The predicted octanol–water partition coefficient (Wildman–Crippen LogP) is -1.81. The number of nitrogens with one attached hydrogen (secondary N) is 4. The Morgan fingerprint density at radius 2 is 1.29 bits per heavy atom. The van der Waals surface area contributed by atoms with Crippen LogP contribution in [0.3, 0.4) is 0 Å². The fourth-order valence-electron chi connectivity index (χ4n) is 5.68. The topological polar surface area (TPSA) is 268 Å². The maximum Gasteiger partial charge on any atom is 0.237 e. The van der Waals surface area contributed by atoms with Gasteiger partial charge in [-0.3, -0.25) is 24.1 Å². The molecule has 0 aromatic heterocycles. The molecule has 0 spiro atoms. The van der Waals surface area contributed by atoms with Gasteiger partial charge in [0.2, 0.25) is 23.6 Å². The molecule has 1 aromatic carbocycles. The first-order chi connectivity index (χ1) is 26.4. The summed E-state index contributed by atoms with van der Waals surface area (Å²) in [5.74, 6) is 8.50. The number of aliphatic hydroxyl groups is 1. The lowest BCUT2D eigenvalue weighted by Gasteiger charge is -2.30. The first-order valence-corrected chi connectivity index (χ1v) is 21.4. The highest BCUT2D eigenvalue weighted by atomic mass is 32.5.